The Hall–Kier alpha value is -1.42. The molecular weight excluding hydrogens is 266 g/mol. The van der Waals surface area contributed by atoms with Crippen LogP contribution in [-0.2, 0) is 11.3 Å². The topological polar surface area (TPSA) is 38.8 Å². The quantitative estimate of drug-likeness (QED) is 0.753. The van der Waals surface area contributed by atoms with E-state index in [1.54, 1.807) is 14.2 Å². The number of carbonyl (C=O) groups excluding carboxylic acids is 1. The molecule has 104 valence electrons. The first-order valence-corrected chi connectivity index (χ1v) is 6.79. The van der Waals surface area contributed by atoms with Crippen molar-refractivity contribution in [3.8, 4) is 11.5 Å². The molecule has 0 N–H and O–H groups in total. The van der Waals surface area contributed by atoms with Crippen LogP contribution in [0.25, 0.3) is 0 Å². The maximum Gasteiger partial charge on any atom is 0.238 e. The summed E-state index contributed by atoms with van der Waals surface area (Å²) >= 11 is 5.66. The highest BCUT2D eigenvalue weighted by Gasteiger charge is 2.32. The van der Waals surface area contributed by atoms with Crippen LogP contribution in [0.2, 0.25) is 0 Å². The first-order valence-electron chi connectivity index (χ1n) is 6.26. The third-order valence-electron chi connectivity index (χ3n) is 3.26. The zero-order valence-electron chi connectivity index (χ0n) is 11.2. The molecule has 0 atom stereocenters. The highest BCUT2D eigenvalue weighted by Crippen LogP contribution is 2.32. The van der Waals surface area contributed by atoms with E-state index in [0.29, 0.717) is 12.6 Å². The summed E-state index contributed by atoms with van der Waals surface area (Å²) in [5, 5.41) is 0. The van der Waals surface area contributed by atoms with E-state index >= 15 is 0 Å². The van der Waals surface area contributed by atoms with Crippen LogP contribution in [0.3, 0.4) is 0 Å². The van der Waals surface area contributed by atoms with Gasteiger partial charge in [-0.05, 0) is 25.0 Å². The molecule has 1 saturated carbocycles. The summed E-state index contributed by atoms with van der Waals surface area (Å²) in [6.07, 6.45) is 2.11. The smallest absolute Gasteiger partial charge is 0.238 e. The van der Waals surface area contributed by atoms with Crippen LogP contribution in [0.4, 0.5) is 0 Å². The summed E-state index contributed by atoms with van der Waals surface area (Å²) in [5.41, 5.74) is 0.966. The molecule has 1 aromatic carbocycles. The van der Waals surface area contributed by atoms with E-state index in [1.165, 1.54) is 0 Å². The molecule has 19 heavy (non-hydrogen) atoms. The first-order chi connectivity index (χ1) is 9.19. The highest BCUT2D eigenvalue weighted by atomic mass is 35.5. The Bertz CT molecular complexity index is 460. The zero-order valence-corrected chi connectivity index (χ0v) is 11.9. The number of alkyl halides is 1. The van der Waals surface area contributed by atoms with Gasteiger partial charge in [-0.2, -0.15) is 0 Å². The number of rotatable bonds is 6. The van der Waals surface area contributed by atoms with E-state index in [-0.39, 0.29) is 11.8 Å². The SMILES string of the molecule is COc1ccc(CN(C(=O)CCl)C2CC2)c(OC)c1. The fourth-order valence-corrected chi connectivity index (χ4v) is 2.20. The predicted octanol–water partition coefficient (Wildman–Crippen LogP) is 2.43. The fraction of sp³-hybridized carbons (Fsp3) is 0.500. The van der Waals surface area contributed by atoms with Crippen LogP contribution < -0.4 is 9.47 Å². The summed E-state index contributed by atoms with van der Waals surface area (Å²) < 4.78 is 10.5. The van der Waals surface area contributed by atoms with Crippen molar-refractivity contribution in [2.45, 2.75) is 25.4 Å². The molecule has 0 heterocycles. The van der Waals surface area contributed by atoms with Crippen molar-refractivity contribution in [1.82, 2.24) is 4.90 Å². The second-order valence-electron chi connectivity index (χ2n) is 4.56. The van der Waals surface area contributed by atoms with E-state index in [1.807, 2.05) is 23.1 Å². The van der Waals surface area contributed by atoms with E-state index in [2.05, 4.69) is 0 Å². The molecule has 0 saturated heterocycles. The second kappa shape index (κ2) is 6.15. The van der Waals surface area contributed by atoms with Crippen LogP contribution in [0, 0.1) is 0 Å². The van der Waals surface area contributed by atoms with E-state index in [0.717, 1.165) is 29.9 Å². The molecule has 5 heteroatoms. The molecule has 1 aliphatic rings. The molecule has 0 bridgehead atoms. The minimum absolute atomic E-state index is 0.0228. The summed E-state index contributed by atoms with van der Waals surface area (Å²) in [6, 6.07) is 5.95. The maximum absolute atomic E-state index is 11.8. The lowest BCUT2D eigenvalue weighted by molar-refractivity contribution is -0.129. The van der Waals surface area contributed by atoms with Gasteiger partial charge >= 0.3 is 0 Å². The third-order valence-corrected chi connectivity index (χ3v) is 3.49. The van der Waals surface area contributed by atoms with Crippen molar-refractivity contribution in [3.63, 3.8) is 0 Å². The van der Waals surface area contributed by atoms with Gasteiger partial charge < -0.3 is 14.4 Å². The minimum atomic E-state index is -0.0259. The molecule has 1 aromatic rings. The van der Waals surface area contributed by atoms with Gasteiger partial charge in [-0.25, -0.2) is 0 Å². The molecule has 4 nitrogen and oxygen atoms in total. The van der Waals surface area contributed by atoms with Crippen molar-refractivity contribution < 1.29 is 14.3 Å². The molecule has 0 unspecified atom stereocenters. The van der Waals surface area contributed by atoms with Crippen molar-refractivity contribution in [3.05, 3.63) is 23.8 Å². The number of amides is 1. The van der Waals surface area contributed by atoms with Gasteiger partial charge in [0.1, 0.15) is 17.4 Å². The standard InChI is InChI=1S/C14H18ClNO3/c1-18-12-6-3-10(13(7-12)19-2)9-16(11-4-5-11)14(17)8-15/h3,6-7,11H,4-5,8-9H2,1-2H3. The Morgan fingerprint density at radius 3 is 2.63 bits per heavy atom. The molecule has 0 radical (unpaired) electrons. The number of halogens is 1. The van der Waals surface area contributed by atoms with E-state index in [4.69, 9.17) is 21.1 Å². The number of hydrogen-bond donors (Lipinski definition) is 0. The van der Waals surface area contributed by atoms with Gasteiger partial charge in [-0.3, -0.25) is 4.79 Å². The molecule has 0 aromatic heterocycles. The molecule has 0 spiro atoms. The van der Waals surface area contributed by atoms with Crippen molar-refractivity contribution >= 4 is 17.5 Å². The number of hydrogen-bond acceptors (Lipinski definition) is 3. The summed E-state index contributed by atoms with van der Waals surface area (Å²) in [7, 11) is 3.23. The Kier molecular flexibility index (Phi) is 4.53. The van der Waals surface area contributed by atoms with Gasteiger partial charge in [0.2, 0.25) is 5.91 Å². The largest absolute Gasteiger partial charge is 0.497 e. The van der Waals surface area contributed by atoms with Crippen LogP contribution in [0.1, 0.15) is 18.4 Å². The molecule has 0 aliphatic heterocycles. The molecule has 1 amide bonds. The zero-order chi connectivity index (χ0) is 13.8. The van der Waals surface area contributed by atoms with E-state index in [9.17, 15) is 4.79 Å². The summed E-state index contributed by atoms with van der Waals surface area (Å²) in [4.78, 5) is 13.7. The van der Waals surface area contributed by atoms with E-state index < -0.39 is 0 Å². The summed E-state index contributed by atoms with van der Waals surface area (Å²) in [5.74, 6) is 1.46. The number of benzene rings is 1. The van der Waals surface area contributed by atoms with Crippen LogP contribution in [0.15, 0.2) is 18.2 Å². The Labute approximate surface area is 118 Å². The average Bonchev–Trinajstić information content (AvgIpc) is 3.28. The third kappa shape index (κ3) is 3.32. The lowest BCUT2D eigenvalue weighted by Gasteiger charge is -2.22. The van der Waals surface area contributed by atoms with Gasteiger partial charge in [0.15, 0.2) is 0 Å². The number of carbonyl (C=O) groups is 1. The van der Waals surface area contributed by atoms with Crippen LogP contribution in [0.5, 0.6) is 11.5 Å². The minimum Gasteiger partial charge on any atom is -0.497 e. The summed E-state index contributed by atoms with van der Waals surface area (Å²) in [6.45, 7) is 0.531. The lowest BCUT2D eigenvalue weighted by atomic mass is 10.1. The Morgan fingerprint density at radius 1 is 1.37 bits per heavy atom. The molecule has 1 aliphatic carbocycles. The molecular formula is C14H18ClNO3. The Balaban J connectivity index is 2.18. The van der Waals surface area contributed by atoms with Gasteiger partial charge in [0.05, 0.1) is 14.2 Å². The van der Waals surface area contributed by atoms with Gasteiger partial charge in [0, 0.05) is 24.2 Å². The monoisotopic (exact) mass is 283 g/mol. The molecule has 2 rings (SSSR count). The highest BCUT2D eigenvalue weighted by molar-refractivity contribution is 6.27. The number of nitrogens with zero attached hydrogens (tertiary/aromatic N) is 1. The van der Waals surface area contributed by atoms with Gasteiger partial charge in [-0.1, -0.05) is 0 Å². The number of ether oxygens (including phenoxy) is 2. The van der Waals surface area contributed by atoms with Crippen molar-refractivity contribution in [1.29, 1.82) is 0 Å². The van der Waals surface area contributed by atoms with Crippen LogP contribution >= 0.6 is 11.6 Å². The van der Waals surface area contributed by atoms with Gasteiger partial charge in [-0.15, -0.1) is 11.6 Å². The predicted molar refractivity (Wildman–Crippen MR) is 73.8 cm³/mol. The first kappa shape index (κ1) is 14.0. The Morgan fingerprint density at radius 2 is 2.11 bits per heavy atom. The maximum atomic E-state index is 11.8. The fourth-order valence-electron chi connectivity index (χ4n) is 2.05. The van der Waals surface area contributed by atoms with Crippen LogP contribution in [-0.4, -0.2) is 36.9 Å². The van der Waals surface area contributed by atoms with Gasteiger partial charge in [0.25, 0.3) is 0 Å². The lowest BCUT2D eigenvalue weighted by Crippen LogP contribution is -2.33. The molecule has 1 fully saturated rings. The average molecular weight is 284 g/mol. The second-order valence-corrected chi connectivity index (χ2v) is 4.83. The van der Waals surface area contributed by atoms with Crippen molar-refractivity contribution in [2.24, 2.45) is 0 Å². The number of methoxy groups -OCH3 is 2. The van der Waals surface area contributed by atoms with Crippen molar-refractivity contribution in [2.75, 3.05) is 20.1 Å². The normalized spacial score (nSPS) is 14.1.